The zero-order valence-corrected chi connectivity index (χ0v) is 19.2. The molecule has 1 aromatic heterocycles. The molecular weight excluding hydrogens is 448 g/mol. The van der Waals surface area contributed by atoms with Crippen molar-refractivity contribution in [1.29, 1.82) is 0 Å². The molecule has 0 aliphatic carbocycles. The Balaban J connectivity index is 1.33. The van der Waals surface area contributed by atoms with Crippen molar-refractivity contribution in [3.63, 3.8) is 0 Å². The van der Waals surface area contributed by atoms with Crippen LogP contribution in [-0.4, -0.2) is 57.5 Å². The first-order chi connectivity index (χ1) is 15.5. The fourth-order valence-electron chi connectivity index (χ4n) is 3.56. The Bertz CT molecular complexity index is 1170. The van der Waals surface area contributed by atoms with Crippen LogP contribution in [0.25, 0.3) is 0 Å². The Hall–Kier alpha value is -3.11. The molecule has 1 amide bonds. The van der Waals surface area contributed by atoms with Crippen molar-refractivity contribution in [3.8, 4) is 5.75 Å². The van der Waals surface area contributed by atoms with Gasteiger partial charge < -0.3 is 14.5 Å². The number of carbonyl (C=O) groups excluding carboxylic acids is 1. The number of amides is 1. The van der Waals surface area contributed by atoms with Gasteiger partial charge >= 0.3 is 0 Å². The highest BCUT2D eigenvalue weighted by molar-refractivity contribution is 7.93. The van der Waals surface area contributed by atoms with Gasteiger partial charge in [-0.3, -0.25) is 9.52 Å². The van der Waals surface area contributed by atoms with E-state index in [1.165, 1.54) is 23.5 Å². The van der Waals surface area contributed by atoms with Gasteiger partial charge in [0.2, 0.25) is 5.91 Å². The van der Waals surface area contributed by atoms with Crippen LogP contribution in [0.4, 0.5) is 10.8 Å². The lowest BCUT2D eigenvalue weighted by atomic mass is 10.2. The van der Waals surface area contributed by atoms with Crippen LogP contribution in [0.5, 0.6) is 5.75 Å². The van der Waals surface area contributed by atoms with Gasteiger partial charge in [0.25, 0.3) is 10.0 Å². The molecule has 10 heteroatoms. The summed E-state index contributed by atoms with van der Waals surface area (Å²) < 4.78 is 32.8. The maximum atomic E-state index is 12.8. The Morgan fingerprint density at radius 3 is 2.47 bits per heavy atom. The van der Waals surface area contributed by atoms with Crippen LogP contribution in [0, 0.1) is 0 Å². The molecule has 0 spiro atoms. The van der Waals surface area contributed by atoms with Gasteiger partial charge in [-0.2, -0.15) is 0 Å². The molecule has 0 unspecified atom stereocenters. The number of aromatic nitrogens is 1. The first kappa shape index (κ1) is 22.1. The SMILES string of the molecule is COc1ccccc1N1CCN(C(=O)Cc2csc(NS(=O)(=O)c3ccccc3)n2)CC1. The van der Waals surface area contributed by atoms with Crippen molar-refractivity contribution in [3.05, 3.63) is 65.7 Å². The summed E-state index contributed by atoms with van der Waals surface area (Å²) in [4.78, 5) is 21.2. The molecule has 8 nitrogen and oxygen atoms in total. The van der Waals surface area contributed by atoms with E-state index >= 15 is 0 Å². The van der Waals surface area contributed by atoms with Gasteiger partial charge in [0.15, 0.2) is 5.13 Å². The lowest BCUT2D eigenvalue weighted by Gasteiger charge is -2.36. The van der Waals surface area contributed by atoms with Gasteiger partial charge in [-0.05, 0) is 24.3 Å². The molecule has 1 fully saturated rings. The number of rotatable bonds is 7. The van der Waals surface area contributed by atoms with Gasteiger partial charge in [0, 0.05) is 31.6 Å². The normalized spacial score (nSPS) is 14.3. The largest absolute Gasteiger partial charge is 0.495 e. The summed E-state index contributed by atoms with van der Waals surface area (Å²) in [7, 11) is -2.05. The fraction of sp³-hybridized carbons (Fsp3) is 0.273. The molecule has 1 saturated heterocycles. The lowest BCUT2D eigenvalue weighted by molar-refractivity contribution is -0.130. The quantitative estimate of drug-likeness (QED) is 0.569. The van der Waals surface area contributed by atoms with Crippen molar-refractivity contribution in [2.75, 3.05) is 42.9 Å². The minimum atomic E-state index is -3.70. The molecule has 0 bridgehead atoms. The molecule has 32 heavy (non-hydrogen) atoms. The number of sulfonamides is 1. The highest BCUT2D eigenvalue weighted by atomic mass is 32.2. The molecule has 1 aliphatic heterocycles. The second kappa shape index (κ2) is 9.58. The number of para-hydroxylation sites is 2. The molecule has 168 valence electrons. The number of thiazole rings is 1. The monoisotopic (exact) mass is 472 g/mol. The van der Waals surface area contributed by atoms with Crippen molar-refractivity contribution in [2.45, 2.75) is 11.3 Å². The summed E-state index contributed by atoms with van der Waals surface area (Å²) in [5.74, 6) is 0.799. The number of hydrogen-bond donors (Lipinski definition) is 1. The zero-order valence-electron chi connectivity index (χ0n) is 17.6. The third-order valence-corrected chi connectivity index (χ3v) is 7.51. The maximum absolute atomic E-state index is 12.8. The van der Waals surface area contributed by atoms with Gasteiger partial charge in [0.1, 0.15) is 5.75 Å². The second-order valence-electron chi connectivity index (χ2n) is 7.28. The molecule has 2 heterocycles. The van der Waals surface area contributed by atoms with Crippen LogP contribution < -0.4 is 14.4 Å². The molecule has 0 saturated carbocycles. The summed E-state index contributed by atoms with van der Waals surface area (Å²) in [5, 5.41) is 1.96. The summed E-state index contributed by atoms with van der Waals surface area (Å²) >= 11 is 1.17. The number of anilines is 2. The maximum Gasteiger partial charge on any atom is 0.263 e. The number of nitrogens with one attached hydrogen (secondary N) is 1. The zero-order chi connectivity index (χ0) is 22.6. The Morgan fingerprint density at radius 1 is 1.06 bits per heavy atom. The number of hydrogen-bond acceptors (Lipinski definition) is 7. The van der Waals surface area contributed by atoms with E-state index in [0.717, 1.165) is 11.4 Å². The molecule has 0 radical (unpaired) electrons. The molecule has 1 aliphatic rings. The molecule has 3 aromatic rings. The van der Waals surface area contributed by atoms with E-state index in [4.69, 9.17) is 4.74 Å². The average molecular weight is 473 g/mol. The van der Waals surface area contributed by atoms with Crippen molar-refractivity contribution in [1.82, 2.24) is 9.88 Å². The number of benzene rings is 2. The van der Waals surface area contributed by atoms with Gasteiger partial charge in [0.05, 0.1) is 29.8 Å². The first-order valence-electron chi connectivity index (χ1n) is 10.1. The number of nitrogens with zero attached hydrogens (tertiary/aromatic N) is 3. The third-order valence-electron chi connectivity index (χ3n) is 5.22. The van der Waals surface area contributed by atoms with Crippen molar-refractivity contribution < 1.29 is 17.9 Å². The standard InChI is InChI=1S/C22H24N4O4S2/c1-30-20-10-6-5-9-19(20)25-11-13-26(14-12-25)21(27)15-17-16-31-22(23-17)24-32(28,29)18-7-3-2-4-8-18/h2-10,16H,11-15H2,1H3,(H,23,24). The molecule has 0 atom stereocenters. The van der Waals surface area contributed by atoms with Gasteiger partial charge in [-0.1, -0.05) is 30.3 Å². The number of carbonyl (C=O) groups is 1. The smallest absolute Gasteiger partial charge is 0.263 e. The fourth-order valence-corrected chi connectivity index (χ4v) is 5.55. The van der Waals surface area contributed by atoms with Crippen LogP contribution in [0.15, 0.2) is 64.9 Å². The molecular formula is C22H24N4O4S2. The summed E-state index contributed by atoms with van der Waals surface area (Å²) in [6.45, 7) is 2.64. The minimum absolute atomic E-state index is 0.0209. The number of ether oxygens (including phenoxy) is 1. The van der Waals surface area contributed by atoms with Gasteiger partial charge in [-0.15, -0.1) is 11.3 Å². The van der Waals surface area contributed by atoms with Crippen LogP contribution in [-0.2, 0) is 21.2 Å². The van der Waals surface area contributed by atoms with Crippen molar-refractivity contribution >= 4 is 38.1 Å². The number of piperazine rings is 1. The van der Waals surface area contributed by atoms with Crippen LogP contribution >= 0.6 is 11.3 Å². The van der Waals surface area contributed by atoms with E-state index in [2.05, 4.69) is 14.6 Å². The summed E-state index contributed by atoms with van der Waals surface area (Å²) in [6.07, 6.45) is 0.137. The van der Waals surface area contributed by atoms with E-state index in [1.54, 1.807) is 30.7 Å². The first-order valence-corrected chi connectivity index (χ1v) is 12.5. The van der Waals surface area contributed by atoms with Gasteiger partial charge in [-0.25, -0.2) is 13.4 Å². The predicted molar refractivity (Wildman–Crippen MR) is 125 cm³/mol. The van der Waals surface area contributed by atoms with Crippen LogP contribution in [0.3, 0.4) is 0 Å². The summed E-state index contributed by atoms with van der Waals surface area (Å²) in [5.41, 5.74) is 1.58. The minimum Gasteiger partial charge on any atom is -0.495 e. The van der Waals surface area contributed by atoms with Crippen LogP contribution in [0.2, 0.25) is 0 Å². The average Bonchev–Trinajstić information content (AvgIpc) is 3.25. The number of methoxy groups -OCH3 is 1. The Labute approximate surface area is 191 Å². The Morgan fingerprint density at radius 2 is 1.75 bits per heavy atom. The van der Waals surface area contributed by atoms with E-state index in [1.807, 2.05) is 29.2 Å². The topological polar surface area (TPSA) is 91.8 Å². The van der Waals surface area contributed by atoms with E-state index in [9.17, 15) is 13.2 Å². The Kier molecular flexibility index (Phi) is 6.61. The highest BCUT2D eigenvalue weighted by Gasteiger charge is 2.24. The highest BCUT2D eigenvalue weighted by Crippen LogP contribution is 2.28. The lowest BCUT2D eigenvalue weighted by Crippen LogP contribution is -2.49. The van der Waals surface area contributed by atoms with E-state index < -0.39 is 10.0 Å². The van der Waals surface area contributed by atoms with E-state index in [0.29, 0.717) is 31.9 Å². The second-order valence-corrected chi connectivity index (χ2v) is 9.82. The van der Waals surface area contributed by atoms with Crippen molar-refractivity contribution in [2.24, 2.45) is 0 Å². The van der Waals surface area contributed by atoms with Crippen LogP contribution in [0.1, 0.15) is 5.69 Å². The van der Waals surface area contributed by atoms with E-state index in [-0.39, 0.29) is 22.4 Å². The predicted octanol–water partition coefficient (Wildman–Crippen LogP) is 2.84. The third kappa shape index (κ3) is 5.03. The molecule has 2 aromatic carbocycles. The molecule has 4 rings (SSSR count). The molecule has 1 N–H and O–H groups in total. The summed E-state index contributed by atoms with van der Waals surface area (Å²) in [6, 6.07) is 16.0.